The minimum absolute atomic E-state index is 0.115. The normalized spacial score (nSPS) is 11.1. The zero-order valence-corrected chi connectivity index (χ0v) is 11.2. The van der Waals surface area contributed by atoms with E-state index in [-0.39, 0.29) is 10.9 Å². The Balaban J connectivity index is 2.56. The predicted octanol–water partition coefficient (Wildman–Crippen LogP) is 2.76. The molecule has 2 aromatic heterocycles. The number of hydrogen-bond acceptors (Lipinski definition) is 5. The Kier molecular flexibility index (Phi) is 3.08. The number of nitrogen functional groups attached to an aromatic ring is 1. The van der Waals surface area contributed by atoms with Crippen molar-refractivity contribution in [1.29, 1.82) is 0 Å². The van der Waals surface area contributed by atoms with Crippen LogP contribution in [0.4, 0.5) is 10.8 Å². The van der Waals surface area contributed by atoms with E-state index in [2.05, 4.69) is 5.10 Å². The molecule has 2 heterocycles. The van der Waals surface area contributed by atoms with Gasteiger partial charge in [0.05, 0.1) is 9.80 Å². The molecule has 0 aliphatic carbocycles. The maximum absolute atomic E-state index is 10.7. The minimum Gasteiger partial charge on any atom is -0.384 e. The molecule has 0 spiro atoms. The number of thiophene rings is 1. The van der Waals surface area contributed by atoms with E-state index in [4.69, 9.17) is 5.73 Å². The van der Waals surface area contributed by atoms with Gasteiger partial charge in [0.15, 0.2) is 0 Å². The second-order valence-corrected chi connectivity index (χ2v) is 5.38. The third kappa shape index (κ3) is 1.97. The minimum atomic E-state index is -0.393. The highest BCUT2D eigenvalue weighted by atomic mass is 32.1. The molecule has 0 fully saturated rings. The van der Waals surface area contributed by atoms with Crippen LogP contribution in [0.2, 0.25) is 0 Å². The van der Waals surface area contributed by atoms with E-state index in [9.17, 15) is 10.1 Å². The van der Waals surface area contributed by atoms with Crippen molar-refractivity contribution in [3.05, 3.63) is 27.8 Å². The van der Waals surface area contributed by atoms with Crippen LogP contribution in [0.3, 0.4) is 0 Å². The molecule has 2 aromatic rings. The molecule has 18 heavy (non-hydrogen) atoms. The van der Waals surface area contributed by atoms with Crippen LogP contribution in [0.25, 0.3) is 10.6 Å². The first-order valence-corrected chi connectivity index (χ1v) is 6.30. The fraction of sp³-hybridized carbons (Fsp3) is 0.364. The first kappa shape index (κ1) is 12.6. The number of anilines is 1. The molecule has 0 aliphatic rings. The van der Waals surface area contributed by atoms with Gasteiger partial charge in [-0.2, -0.15) is 5.10 Å². The third-order valence-electron chi connectivity index (χ3n) is 2.71. The number of aryl methyl sites for hydroxylation is 1. The average Bonchev–Trinajstić information content (AvgIpc) is 2.84. The molecular formula is C11H14N4O2S. The second kappa shape index (κ2) is 4.41. The van der Waals surface area contributed by atoms with Crippen molar-refractivity contribution in [3.63, 3.8) is 0 Å². The molecule has 0 aliphatic heterocycles. The van der Waals surface area contributed by atoms with Gasteiger partial charge >= 0.3 is 5.00 Å². The molecular weight excluding hydrogens is 252 g/mol. The fourth-order valence-electron chi connectivity index (χ4n) is 1.86. The van der Waals surface area contributed by atoms with Crippen LogP contribution in [0.5, 0.6) is 0 Å². The van der Waals surface area contributed by atoms with Gasteiger partial charge in [-0.15, -0.1) is 0 Å². The monoisotopic (exact) mass is 266 g/mol. The lowest BCUT2D eigenvalue weighted by atomic mass is 10.0. The molecule has 2 rings (SSSR count). The fourth-order valence-corrected chi connectivity index (χ4v) is 2.68. The molecule has 0 saturated carbocycles. The lowest BCUT2D eigenvalue weighted by molar-refractivity contribution is -0.380. The van der Waals surface area contributed by atoms with Gasteiger partial charge in [-0.05, 0) is 12.0 Å². The lowest BCUT2D eigenvalue weighted by Gasteiger charge is -2.05. The van der Waals surface area contributed by atoms with Gasteiger partial charge in [0, 0.05) is 18.7 Å². The van der Waals surface area contributed by atoms with Crippen molar-refractivity contribution in [2.75, 3.05) is 5.73 Å². The van der Waals surface area contributed by atoms with Crippen molar-refractivity contribution >= 4 is 22.2 Å². The molecule has 0 aromatic carbocycles. The zero-order chi connectivity index (χ0) is 13.4. The van der Waals surface area contributed by atoms with Crippen molar-refractivity contribution in [1.82, 2.24) is 9.78 Å². The maximum atomic E-state index is 10.7. The molecule has 0 unspecified atom stereocenters. The Morgan fingerprint density at radius 2 is 2.17 bits per heavy atom. The summed E-state index contributed by atoms with van der Waals surface area (Å²) in [6.45, 7) is 4.05. The summed E-state index contributed by atoms with van der Waals surface area (Å²) in [5.74, 6) is 0.825. The van der Waals surface area contributed by atoms with Crippen LogP contribution < -0.4 is 5.73 Å². The van der Waals surface area contributed by atoms with Crippen LogP contribution in [-0.4, -0.2) is 14.7 Å². The third-order valence-corrected chi connectivity index (χ3v) is 3.76. The quantitative estimate of drug-likeness (QED) is 0.683. The summed E-state index contributed by atoms with van der Waals surface area (Å²) in [5, 5.41) is 15.2. The van der Waals surface area contributed by atoms with Gasteiger partial charge in [0.25, 0.3) is 0 Å². The molecule has 96 valence electrons. The smallest absolute Gasteiger partial charge is 0.324 e. The van der Waals surface area contributed by atoms with Gasteiger partial charge in [0.2, 0.25) is 0 Å². The van der Waals surface area contributed by atoms with Crippen molar-refractivity contribution in [2.24, 2.45) is 7.05 Å². The number of rotatable bonds is 3. The van der Waals surface area contributed by atoms with E-state index in [1.807, 2.05) is 13.8 Å². The van der Waals surface area contributed by atoms with Gasteiger partial charge in [-0.1, -0.05) is 25.2 Å². The lowest BCUT2D eigenvalue weighted by Crippen LogP contribution is -2.00. The number of nitrogens with two attached hydrogens (primary N) is 1. The highest BCUT2D eigenvalue weighted by molar-refractivity contribution is 7.18. The van der Waals surface area contributed by atoms with Crippen LogP contribution in [0.15, 0.2) is 12.1 Å². The van der Waals surface area contributed by atoms with Crippen molar-refractivity contribution in [3.8, 4) is 10.6 Å². The Morgan fingerprint density at radius 1 is 1.50 bits per heavy atom. The Bertz CT molecular complexity index is 600. The van der Waals surface area contributed by atoms with Crippen LogP contribution in [-0.2, 0) is 7.05 Å². The topological polar surface area (TPSA) is 87.0 Å². The molecule has 0 bridgehead atoms. The van der Waals surface area contributed by atoms with Crippen LogP contribution in [0.1, 0.15) is 25.3 Å². The van der Waals surface area contributed by atoms with Crippen LogP contribution in [0, 0.1) is 10.1 Å². The Labute approximate surface area is 108 Å². The molecule has 7 heteroatoms. The molecule has 2 N–H and O–H groups in total. The molecule has 0 saturated heterocycles. The zero-order valence-electron chi connectivity index (χ0n) is 10.4. The standard InChI is InChI=1S/C11H14N4O2S/c1-6(2)9-10(13-14(3)11(9)12)7-4-5-8(18-7)15(16)17/h4-6H,12H2,1-3H3. The second-order valence-electron chi connectivity index (χ2n) is 4.32. The predicted molar refractivity (Wildman–Crippen MR) is 71.7 cm³/mol. The highest BCUT2D eigenvalue weighted by Gasteiger charge is 2.21. The van der Waals surface area contributed by atoms with E-state index in [1.165, 1.54) is 6.07 Å². The summed E-state index contributed by atoms with van der Waals surface area (Å²) in [6.07, 6.45) is 0. The average molecular weight is 266 g/mol. The Morgan fingerprint density at radius 3 is 2.67 bits per heavy atom. The summed E-state index contributed by atoms with van der Waals surface area (Å²) < 4.78 is 1.61. The van der Waals surface area contributed by atoms with E-state index in [0.717, 1.165) is 27.5 Å². The summed E-state index contributed by atoms with van der Waals surface area (Å²) in [7, 11) is 1.77. The molecule has 0 radical (unpaired) electrons. The first-order valence-electron chi connectivity index (χ1n) is 5.48. The number of aromatic nitrogens is 2. The van der Waals surface area contributed by atoms with Gasteiger partial charge in [-0.25, -0.2) is 0 Å². The number of nitro groups is 1. The summed E-state index contributed by atoms with van der Waals surface area (Å²) in [4.78, 5) is 11.1. The van der Waals surface area contributed by atoms with Gasteiger partial charge < -0.3 is 5.73 Å². The first-order chi connectivity index (χ1) is 8.41. The molecule has 0 amide bonds. The molecule has 0 atom stereocenters. The molecule has 6 nitrogen and oxygen atoms in total. The van der Waals surface area contributed by atoms with Crippen molar-refractivity contribution in [2.45, 2.75) is 19.8 Å². The summed E-state index contributed by atoms with van der Waals surface area (Å²) in [5.41, 5.74) is 7.66. The summed E-state index contributed by atoms with van der Waals surface area (Å²) >= 11 is 1.12. The Hall–Kier alpha value is -1.89. The largest absolute Gasteiger partial charge is 0.384 e. The van der Waals surface area contributed by atoms with Crippen molar-refractivity contribution < 1.29 is 4.92 Å². The SMILES string of the molecule is CC(C)c1c(-c2ccc([N+](=O)[O-])s2)nn(C)c1N. The maximum Gasteiger partial charge on any atom is 0.324 e. The van der Waals surface area contributed by atoms with Crippen LogP contribution >= 0.6 is 11.3 Å². The highest BCUT2D eigenvalue weighted by Crippen LogP contribution is 2.38. The van der Waals surface area contributed by atoms with E-state index >= 15 is 0 Å². The number of hydrogen-bond donors (Lipinski definition) is 1. The number of nitrogens with zero attached hydrogens (tertiary/aromatic N) is 3. The van der Waals surface area contributed by atoms with Gasteiger partial charge in [0.1, 0.15) is 11.5 Å². The van der Waals surface area contributed by atoms with E-state index in [0.29, 0.717) is 5.82 Å². The van der Waals surface area contributed by atoms with E-state index in [1.54, 1.807) is 17.8 Å². The van der Waals surface area contributed by atoms with Gasteiger partial charge in [-0.3, -0.25) is 14.8 Å². The summed E-state index contributed by atoms with van der Waals surface area (Å²) in [6, 6.07) is 3.21. The van der Waals surface area contributed by atoms with E-state index < -0.39 is 4.92 Å².